The van der Waals surface area contributed by atoms with Gasteiger partial charge in [0.1, 0.15) is 0 Å². The van der Waals surface area contributed by atoms with Crippen molar-refractivity contribution >= 4 is 53.8 Å². The van der Waals surface area contributed by atoms with Crippen LogP contribution in [0.25, 0.3) is 0 Å². The maximum Gasteiger partial charge on any atom is 0.309 e. The summed E-state index contributed by atoms with van der Waals surface area (Å²) in [5.74, 6) is -2.98. The molecule has 4 aromatic carbocycles. The number of halogens is 2. The van der Waals surface area contributed by atoms with E-state index in [1.54, 1.807) is 6.92 Å². The predicted octanol–water partition coefficient (Wildman–Crippen LogP) is 8.11. The highest BCUT2D eigenvalue weighted by atomic mass is 35.5. The zero-order valence-corrected chi connectivity index (χ0v) is 32.1. The van der Waals surface area contributed by atoms with E-state index in [0.29, 0.717) is 10.0 Å². The first-order chi connectivity index (χ1) is 24.3. The minimum absolute atomic E-state index is 0.154. The standard InChI is InChI=1S/C42H47Cl2NO5Si/c1-41(2,3)51(33-14-7-5-8-15-33,34-16-9-6-10-17-34)50-27-37(28-18-19-28)45-38(29-20-22-31(43)23-21-29)35(30-12-11-13-32(44)24-30)25-42(4,40(45)49)36(26-46)39(47)48/h5-17,20-24,28,35-38,46H,18-19,25-27H2,1-4H3,(H,47,48)/t35-,36?,37-,38-,42+/m1/s1. The second-order valence-corrected chi connectivity index (χ2v) is 20.6. The first-order valence-corrected chi connectivity index (χ1v) is 20.4. The van der Waals surface area contributed by atoms with Gasteiger partial charge in [-0.3, -0.25) is 9.59 Å². The summed E-state index contributed by atoms with van der Waals surface area (Å²) < 4.78 is 7.53. The van der Waals surface area contributed by atoms with Gasteiger partial charge in [0.05, 0.1) is 36.6 Å². The Labute approximate surface area is 312 Å². The average molecular weight is 745 g/mol. The molecule has 0 aromatic heterocycles. The zero-order chi connectivity index (χ0) is 36.6. The highest BCUT2D eigenvalue weighted by Crippen LogP contribution is 2.55. The molecule has 1 unspecified atom stereocenters. The number of piperidine rings is 1. The smallest absolute Gasteiger partial charge is 0.309 e. The Morgan fingerprint density at radius 3 is 1.96 bits per heavy atom. The number of aliphatic carboxylic acids is 1. The van der Waals surface area contributed by atoms with Crippen LogP contribution in [0.1, 0.15) is 70.0 Å². The number of aliphatic hydroxyl groups excluding tert-OH is 1. The molecule has 6 nitrogen and oxygen atoms in total. The summed E-state index contributed by atoms with van der Waals surface area (Å²) in [6, 6.07) is 35.2. The Bertz CT molecular complexity index is 1790. The monoisotopic (exact) mass is 743 g/mol. The van der Waals surface area contributed by atoms with Gasteiger partial charge >= 0.3 is 5.97 Å². The third-order valence-corrected chi connectivity index (χ3v) is 16.7. The van der Waals surface area contributed by atoms with E-state index in [0.717, 1.165) is 34.3 Å². The second kappa shape index (κ2) is 14.9. The molecule has 0 bridgehead atoms. The lowest BCUT2D eigenvalue weighted by atomic mass is 9.63. The highest BCUT2D eigenvalue weighted by molar-refractivity contribution is 6.99. The first-order valence-electron chi connectivity index (χ1n) is 17.7. The molecule has 0 radical (unpaired) electrons. The number of amides is 1. The number of hydrogen-bond acceptors (Lipinski definition) is 4. The SMILES string of the molecule is CC(C)(C)[Si](OC[C@H](C1CC1)N1C(=O)[C@](C)(C(CO)C(=O)O)C[C@H](c2cccc(Cl)c2)[C@H]1c1ccc(Cl)cc1)(c1ccccc1)c1ccccc1. The fourth-order valence-corrected chi connectivity index (χ4v) is 13.4. The number of hydrogen-bond donors (Lipinski definition) is 2. The van der Waals surface area contributed by atoms with Crippen LogP contribution >= 0.6 is 23.2 Å². The normalized spacial score (nSPS) is 22.4. The molecule has 1 saturated heterocycles. The minimum Gasteiger partial charge on any atom is -0.481 e. The third-order valence-electron chi connectivity index (χ3n) is 11.2. The van der Waals surface area contributed by atoms with E-state index in [1.165, 1.54) is 0 Å². The molecule has 0 spiro atoms. The Kier molecular flexibility index (Phi) is 10.9. The van der Waals surface area contributed by atoms with Crippen molar-refractivity contribution in [1.29, 1.82) is 0 Å². The molecular weight excluding hydrogens is 697 g/mol. The van der Waals surface area contributed by atoms with Gasteiger partial charge in [-0.15, -0.1) is 0 Å². The summed E-state index contributed by atoms with van der Waals surface area (Å²) in [5.41, 5.74) is 0.378. The molecule has 9 heteroatoms. The summed E-state index contributed by atoms with van der Waals surface area (Å²) >= 11 is 13.0. The van der Waals surface area contributed by atoms with E-state index >= 15 is 4.79 Å². The Hall–Kier alpha value is -3.46. The lowest BCUT2D eigenvalue weighted by Crippen LogP contribution is -2.68. The van der Waals surface area contributed by atoms with E-state index in [-0.39, 0.29) is 41.9 Å². The highest BCUT2D eigenvalue weighted by Gasteiger charge is 2.59. The van der Waals surface area contributed by atoms with Gasteiger partial charge in [-0.2, -0.15) is 0 Å². The Morgan fingerprint density at radius 1 is 0.882 bits per heavy atom. The van der Waals surface area contributed by atoms with Crippen molar-refractivity contribution in [3.8, 4) is 0 Å². The summed E-state index contributed by atoms with van der Waals surface area (Å²) in [5, 5.41) is 24.1. The van der Waals surface area contributed by atoms with Crippen LogP contribution in [0.4, 0.5) is 0 Å². The van der Waals surface area contributed by atoms with Crippen molar-refractivity contribution in [2.75, 3.05) is 13.2 Å². The molecule has 4 aromatic rings. The molecule has 1 saturated carbocycles. The van der Waals surface area contributed by atoms with Gasteiger partial charge in [0, 0.05) is 16.0 Å². The van der Waals surface area contributed by atoms with Crippen LogP contribution in [-0.4, -0.2) is 54.6 Å². The molecule has 2 N–H and O–H groups in total. The molecule has 51 heavy (non-hydrogen) atoms. The quantitative estimate of drug-likeness (QED) is 0.143. The van der Waals surface area contributed by atoms with Crippen molar-refractivity contribution in [2.24, 2.45) is 17.3 Å². The molecular formula is C42H47Cl2NO5Si. The van der Waals surface area contributed by atoms with Crippen molar-refractivity contribution in [2.45, 2.75) is 70.0 Å². The van der Waals surface area contributed by atoms with Crippen molar-refractivity contribution in [3.05, 3.63) is 130 Å². The van der Waals surface area contributed by atoms with Gasteiger partial charge in [-0.25, -0.2) is 0 Å². The number of carbonyl (C=O) groups is 2. The predicted molar refractivity (Wildman–Crippen MR) is 206 cm³/mol. The van der Waals surface area contributed by atoms with Crippen LogP contribution in [0.3, 0.4) is 0 Å². The van der Waals surface area contributed by atoms with Gasteiger partial charge in [0.15, 0.2) is 0 Å². The average Bonchev–Trinajstić information content (AvgIpc) is 3.95. The molecule has 6 rings (SSSR count). The van der Waals surface area contributed by atoms with Gasteiger partial charge < -0.3 is 19.5 Å². The van der Waals surface area contributed by atoms with Crippen molar-refractivity contribution in [3.63, 3.8) is 0 Å². The Morgan fingerprint density at radius 2 is 1.47 bits per heavy atom. The molecule has 2 aliphatic rings. The van der Waals surface area contributed by atoms with E-state index in [2.05, 4.69) is 69.3 Å². The molecule has 5 atom stereocenters. The van der Waals surface area contributed by atoms with Gasteiger partial charge in [0.2, 0.25) is 5.91 Å². The minimum atomic E-state index is -3.00. The topological polar surface area (TPSA) is 87.1 Å². The maximum absolute atomic E-state index is 15.3. The van der Waals surface area contributed by atoms with Crippen LogP contribution in [0.2, 0.25) is 15.1 Å². The van der Waals surface area contributed by atoms with Crippen LogP contribution in [0.5, 0.6) is 0 Å². The number of carboxylic acids is 1. The zero-order valence-electron chi connectivity index (χ0n) is 29.6. The van der Waals surface area contributed by atoms with Crippen LogP contribution in [-0.2, 0) is 14.0 Å². The van der Waals surface area contributed by atoms with Crippen molar-refractivity contribution < 1.29 is 24.2 Å². The number of rotatable bonds is 12. The molecule has 1 amide bonds. The number of aliphatic hydroxyl groups is 1. The van der Waals surface area contributed by atoms with Gasteiger partial charge in [-0.1, -0.05) is 129 Å². The second-order valence-electron chi connectivity index (χ2n) is 15.4. The molecule has 2 fully saturated rings. The van der Waals surface area contributed by atoms with Crippen molar-refractivity contribution in [1.82, 2.24) is 4.90 Å². The lowest BCUT2D eigenvalue weighted by Gasteiger charge is -2.54. The molecule has 1 aliphatic heterocycles. The van der Waals surface area contributed by atoms with Gasteiger partial charge in [0.25, 0.3) is 8.32 Å². The van der Waals surface area contributed by atoms with Gasteiger partial charge in [-0.05, 0) is 82.9 Å². The number of carbonyl (C=O) groups excluding carboxylic acids is 1. The number of nitrogens with zero attached hydrogens (tertiary/aromatic N) is 1. The number of carboxylic acid groups (broad SMARTS) is 1. The lowest BCUT2D eigenvalue weighted by molar-refractivity contribution is -0.171. The molecule has 1 aliphatic carbocycles. The van der Waals surface area contributed by atoms with Crippen LogP contribution < -0.4 is 10.4 Å². The maximum atomic E-state index is 15.3. The fraction of sp³-hybridized carbons (Fsp3) is 0.381. The van der Waals surface area contributed by atoms with Crippen LogP contribution in [0, 0.1) is 17.3 Å². The third kappa shape index (κ3) is 7.16. The molecule has 268 valence electrons. The molecule has 1 heterocycles. The first kappa shape index (κ1) is 37.3. The summed E-state index contributed by atoms with van der Waals surface area (Å²) in [7, 11) is -3.00. The van der Waals surface area contributed by atoms with E-state index in [1.807, 2.05) is 65.6 Å². The van der Waals surface area contributed by atoms with Crippen LogP contribution in [0.15, 0.2) is 109 Å². The van der Waals surface area contributed by atoms with E-state index in [9.17, 15) is 15.0 Å². The summed E-state index contributed by atoms with van der Waals surface area (Å²) in [6.45, 7) is 8.02. The largest absolute Gasteiger partial charge is 0.481 e. The van der Waals surface area contributed by atoms with E-state index in [4.69, 9.17) is 27.6 Å². The fourth-order valence-electron chi connectivity index (χ4n) is 8.46. The summed E-state index contributed by atoms with van der Waals surface area (Å²) in [4.78, 5) is 30.1. The Balaban J connectivity index is 1.55. The van der Waals surface area contributed by atoms with E-state index < -0.39 is 38.3 Å². The number of likely N-dealkylation sites (tertiary alicyclic amines) is 1. The summed E-state index contributed by atoms with van der Waals surface area (Å²) in [6.07, 6.45) is 2.06. The number of benzene rings is 4.